The molecule has 0 aliphatic rings. The molecule has 8 heteroatoms. The van der Waals surface area contributed by atoms with Gasteiger partial charge in [0.15, 0.2) is 0 Å². The number of hydrogen-bond acceptors (Lipinski definition) is 6. The van der Waals surface area contributed by atoms with Crippen LogP contribution in [-0.4, -0.2) is 11.5 Å². The fourth-order valence-electron chi connectivity index (χ4n) is 1.60. The van der Waals surface area contributed by atoms with Gasteiger partial charge >= 0.3 is 7.82 Å². The molecule has 0 unspecified atom stereocenters. The van der Waals surface area contributed by atoms with Crippen molar-refractivity contribution >= 4 is 13.5 Å². The number of rotatable bonds is 7. The highest BCUT2D eigenvalue weighted by Crippen LogP contribution is 2.49. The lowest BCUT2D eigenvalue weighted by atomic mass is 10.3. The first-order valence-electron chi connectivity index (χ1n) is 6.46. The summed E-state index contributed by atoms with van der Waals surface area (Å²) in [5.41, 5.74) is -0.0948. The van der Waals surface area contributed by atoms with Gasteiger partial charge in [0.25, 0.3) is 5.69 Å². The summed E-state index contributed by atoms with van der Waals surface area (Å²) in [5.74, 6) is 0.486. The lowest BCUT2D eigenvalue weighted by molar-refractivity contribution is -0.384. The molecule has 0 heterocycles. The highest BCUT2D eigenvalue weighted by Gasteiger charge is 2.30. The van der Waals surface area contributed by atoms with Gasteiger partial charge in [0.2, 0.25) is 0 Å². The zero-order valence-corrected chi connectivity index (χ0v) is 12.6. The van der Waals surface area contributed by atoms with Crippen LogP contribution in [-0.2, 0) is 9.09 Å². The van der Waals surface area contributed by atoms with Crippen LogP contribution in [0.15, 0.2) is 54.6 Å². The number of phosphoric ester groups is 1. The van der Waals surface area contributed by atoms with Crippen LogP contribution < -0.4 is 9.05 Å². The van der Waals surface area contributed by atoms with Gasteiger partial charge in [-0.3, -0.25) is 14.6 Å². The molecule has 0 radical (unpaired) electrons. The summed E-state index contributed by atoms with van der Waals surface area (Å²) in [7, 11) is -3.87. The third-order valence-corrected chi connectivity index (χ3v) is 3.96. The first-order valence-corrected chi connectivity index (χ1v) is 7.92. The van der Waals surface area contributed by atoms with E-state index < -0.39 is 12.7 Å². The normalized spacial score (nSPS) is 13.1. The molecule has 0 aromatic heterocycles. The quantitative estimate of drug-likeness (QED) is 0.431. The van der Waals surface area contributed by atoms with Crippen molar-refractivity contribution in [2.24, 2.45) is 0 Å². The topological polar surface area (TPSA) is 87.9 Å². The Bertz CT molecular complexity index is 673. The van der Waals surface area contributed by atoms with Gasteiger partial charge in [-0.2, -0.15) is 0 Å². The molecule has 0 saturated heterocycles. The predicted molar refractivity (Wildman–Crippen MR) is 80.0 cm³/mol. The van der Waals surface area contributed by atoms with Crippen LogP contribution >= 0.6 is 7.82 Å². The van der Waals surface area contributed by atoms with E-state index in [1.54, 1.807) is 37.3 Å². The summed E-state index contributed by atoms with van der Waals surface area (Å²) < 4.78 is 28.2. The molecule has 0 saturated carbocycles. The molecule has 7 nitrogen and oxygen atoms in total. The van der Waals surface area contributed by atoms with Crippen LogP contribution in [0.5, 0.6) is 11.5 Å². The summed E-state index contributed by atoms with van der Waals surface area (Å²) in [6.45, 7) is 1.78. The standard InChI is InChI=1S/C14H14NO6P/c1-2-19-22(18,20-13-6-4-3-5-7-13)21-14-10-8-12(9-11-14)15(16)17/h3-11H,2H2,1H3/t22-/m1/s1. The summed E-state index contributed by atoms with van der Waals surface area (Å²) in [6.07, 6.45) is 0. The maximum Gasteiger partial charge on any atom is 0.587 e. The van der Waals surface area contributed by atoms with Crippen molar-refractivity contribution < 1.29 is 23.1 Å². The lowest BCUT2D eigenvalue weighted by Crippen LogP contribution is -2.05. The minimum absolute atomic E-state index is 0.0948. The first kappa shape index (κ1) is 16.0. The zero-order valence-electron chi connectivity index (χ0n) is 11.7. The Labute approximate surface area is 127 Å². The summed E-state index contributed by atoms with van der Waals surface area (Å²) in [5, 5.41) is 10.6. The first-order chi connectivity index (χ1) is 10.5. The second-order valence-electron chi connectivity index (χ2n) is 4.11. The monoisotopic (exact) mass is 323 g/mol. The molecule has 1 atom stereocenters. The Balaban J connectivity index is 2.17. The van der Waals surface area contributed by atoms with E-state index in [2.05, 4.69) is 0 Å². The molecule has 2 rings (SSSR count). The molecular formula is C14H14NO6P. The van der Waals surface area contributed by atoms with Crippen LogP contribution in [0.25, 0.3) is 0 Å². The Hall–Kier alpha value is -2.37. The number of nitro benzene ring substituents is 1. The van der Waals surface area contributed by atoms with Gasteiger partial charge in [0.1, 0.15) is 11.5 Å². The van der Waals surface area contributed by atoms with Gasteiger partial charge in [-0.1, -0.05) is 18.2 Å². The summed E-state index contributed by atoms with van der Waals surface area (Å²) >= 11 is 0. The Morgan fingerprint density at radius 2 is 1.55 bits per heavy atom. The summed E-state index contributed by atoms with van der Waals surface area (Å²) in [6, 6.07) is 13.6. The fourth-order valence-corrected chi connectivity index (χ4v) is 2.82. The Kier molecular flexibility index (Phi) is 5.14. The molecule has 0 aliphatic carbocycles. The van der Waals surface area contributed by atoms with E-state index in [-0.39, 0.29) is 18.0 Å². The van der Waals surface area contributed by atoms with Crippen molar-refractivity contribution in [3.8, 4) is 11.5 Å². The zero-order chi connectivity index (χ0) is 16.0. The molecule has 0 aliphatic heterocycles. The van der Waals surface area contributed by atoms with E-state index in [0.29, 0.717) is 5.75 Å². The Morgan fingerprint density at radius 1 is 1.00 bits per heavy atom. The molecule has 116 valence electrons. The minimum Gasteiger partial charge on any atom is -0.395 e. The van der Waals surface area contributed by atoms with Crippen LogP contribution in [0, 0.1) is 10.1 Å². The number of nitrogens with zero attached hydrogens (tertiary/aromatic N) is 1. The third kappa shape index (κ3) is 4.31. The van der Waals surface area contributed by atoms with Gasteiger partial charge < -0.3 is 9.05 Å². The highest BCUT2D eigenvalue weighted by atomic mass is 31.2. The van der Waals surface area contributed by atoms with E-state index >= 15 is 0 Å². The van der Waals surface area contributed by atoms with Crippen molar-refractivity contribution in [3.05, 3.63) is 64.7 Å². The molecule has 22 heavy (non-hydrogen) atoms. The van der Waals surface area contributed by atoms with Crippen molar-refractivity contribution in [3.63, 3.8) is 0 Å². The Morgan fingerprint density at radius 3 is 2.05 bits per heavy atom. The third-order valence-electron chi connectivity index (χ3n) is 2.51. The lowest BCUT2D eigenvalue weighted by Gasteiger charge is -2.18. The van der Waals surface area contributed by atoms with E-state index in [1.165, 1.54) is 24.3 Å². The number of non-ortho nitro benzene ring substituents is 1. The maximum absolute atomic E-state index is 12.6. The van der Waals surface area contributed by atoms with Crippen molar-refractivity contribution in [1.29, 1.82) is 0 Å². The summed E-state index contributed by atoms with van der Waals surface area (Å²) in [4.78, 5) is 10.1. The number of para-hydroxylation sites is 1. The van der Waals surface area contributed by atoms with Crippen LogP contribution in [0.2, 0.25) is 0 Å². The molecule has 0 bridgehead atoms. The van der Waals surface area contributed by atoms with Crippen LogP contribution in [0.3, 0.4) is 0 Å². The highest BCUT2D eigenvalue weighted by molar-refractivity contribution is 7.49. The number of phosphoric acid groups is 1. The van der Waals surface area contributed by atoms with E-state index in [0.717, 1.165) is 0 Å². The second kappa shape index (κ2) is 7.06. The minimum atomic E-state index is -3.87. The van der Waals surface area contributed by atoms with Crippen molar-refractivity contribution in [2.75, 3.05) is 6.61 Å². The smallest absolute Gasteiger partial charge is 0.395 e. The van der Waals surface area contributed by atoms with Crippen LogP contribution in [0.4, 0.5) is 5.69 Å². The molecule has 2 aromatic rings. The molecular weight excluding hydrogens is 309 g/mol. The van der Waals surface area contributed by atoms with Gasteiger partial charge in [0, 0.05) is 12.1 Å². The average Bonchev–Trinajstić information content (AvgIpc) is 2.48. The number of benzene rings is 2. The SMILES string of the molecule is CCO[P@](=O)(Oc1ccccc1)Oc1ccc([N+](=O)[O-])cc1. The van der Waals surface area contributed by atoms with Crippen LogP contribution in [0.1, 0.15) is 6.92 Å². The van der Waals surface area contributed by atoms with Crippen molar-refractivity contribution in [1.82, 2.24) is 0 Å². The van der Waals surface area contributed by atoms with E-state index in [1.807, 2.05) is 0 Å². The molecule has 0 fully saturated rings. The molecule has 0 N–H and O–H groups in total. The van der Waals surface area contributed by atoms with E-state index in [9.17, 15) is 14.7 Å². The molecule has 2 aromatic carbocycles. The van der Waals surface area contributed by atoms with Crippen molar-refractivity contribution in [2.45, 2.75) is 6.92 Å². The van der Waals surface area contributed by atoms with Gasteiger partial charge in [-0.05, 0) is 31.2 Å². The maximum atomic E-state index is 12.6. The predicted octanol–water partition coefficient (Wildman–Crippen LogP) is 4.20. The van der Waals surface area contributed by atoms with Gasteiger partial charge in [0.05, 0.1) is 11.5 Å². The molecule has 0 spiro atoms. The van der Waals surface area contributed by atoms with Gasteiger partial charge in [-0.15, -0.1) is 0 Å². The largest absolute Gasteiger partial charge is 0.587 e. The molecule has 0 amide bonds. The number of nitro groups is 1. The van der Waals surface area contributed by atoms with Gasteiger partial charge in [-0.25, -0.2) is 4.57 Å². The van der Waals surface area contributed by atoms with E-state index in [4.69, 9.17) is 13.6 Å². The number of hydrogen-bond donors (Lipinski definition) is 0. The average molecular weight is 323 g/mol. The fraction of sp³-hybridized carbons (Fsp3) is 0.143. The second-order valence-corrected chi connectivity index (χ2v) is 5.63.